The van der Waals surface area contributed by atoms with Crippen molar-refractivity contribution in [2.75, 3.05) is 19.7 Å². The fourth-order valence-electron chi connectivity index (χ4n) is 5.26. The molecule has 2 heterocycles. The van der Waals surface area contributed by atoms with Gasteiger partial charge in [0.1, 0.15) is 5.54 Å². The van der Waals surface area contributed by atoms with Gasteiger partial charge in [-0.15, -0.1) is 0 Å². The second kappa shape index (κ2) is 10.5. The lowest BCUT2D eigenvalue weighted by molar-refractivity contribution is -0.143. The van der Waals surface area contributed by atoms with E-state index in [9.17, 15) is 35.9 Å². The van der Waals surface area contributed by atoms with Crippen LogP contribution < -0.4 is 10.6 Å². The highest BCUT2D eigenvalue weighted by atomic mass is 19.4. The number of hydrogen-bond acceptors (Lipinski definition) is 4. The molecule has 0 aromatic heterocycles. The van der Waals surface area contributed by atoms with Crippen LogP contribution in [0.25, 0.3) is 0 Å². The average Bonchev–Trinajstić information content (AvgIpc) is 3.11. The zero-order valence-electron chi connectivity index (χ0n) is 21.4. The molecule has 39 heavy (non-hydrogen) atoms. The van der Waals surface area contributed by atoms with Gasteiger partial charge in [-0.1, -0.05) is 37.3 Å². The van der Waals surface area contributed by atoms with Crippen molar-refractivity contribution in [1.82, 2.24) is 15.5 Å². The first kappa shape index (κ1) is 28.9. The van der Waals surface area contributed by atoms with Crippen molar-refractivity contribution < 1.29 is 40.7 Å². The molecule has 3 amide bonds. The standard InChI is InChI=1S/C27H29F6N3O3/c1-3-11-36-23(38)35-22(37)25(36)10-9-24(34-15-25,19-7-5-4-6-8-19)16-39-17(2)18-12-20(26(28,29)30)14-21(13-18)27(31,32)33/h4-8,12-14,17,34H,3,9-11,15-16H2,1-2H3,(H,35,37,38)/t17-,24-,25?/m1/s1. The number of hydrogen-bond donors (Lipinski definition) is 2. The molecule has 4 rings (SSSR count). The normalized spacial score (nSPS) is 24.8. The van der Waals surface area contributed by atoms with Crippen molar-refractivity contribution in [2.24, 2.45) is 0 Å². The lowest BCUT2D eigenvalue weighted by Gasteiger charge is -2.47. The molecule has 3 atom stereocenters. The number of urea groups is 1. The second-order valence-electron chi connectivity index (χ2n) is 10.0. The van der Waals surface area contributed by atoms with Crippen LogP contribution in [0.5, 0.6) is 0 Å². The topological polar surface area (TPSA) is 70.7 Å². The summed E-state index contributed by atoms with van der Waals surface area (Å²) in [5.74, 6) is -0.409. The number of rotatable bonds is 7. The van der Waals surface area contributed by atoms with Crippen LogP contribution in [0.3, 0.4) is 0 Å². The van der Waals surface area contributed by atoms with Gasteiger partial charge < -0.3 is 15.0 Å². The van der Waals surface area contributed by atoms with E-state index in [2.05, 4.69) is 10.6 Å². The second-order valence-corrected chi connectivity index (χ2v) is 10.0. The Hall–Kier alpha value is -3.12. The molecule has 2 aromatic rings. The van der Waals surface area contributed by atoms with E-state index in [1.54, 1.807) is 18.2 Å². The van der Waals surface area contributed by atoms with Crippen molar-refractivity contribution in [2.45, 2.75) is 62.6 Å². The number of alkyl halides is 6. The fraction of sp³-hybridized carbons (Fsp3) is 0.481. The summed E-state index contributed by atoms with van der Waals surface area (Å²) >= 11 is 0. The van der Waals surface area contributed by atoms with E-state index >= 15 is 0 Å². The van der Waals surface area contributed by atoms with Gasteiger partial charge in [0.2, 0.25) is 0 Å². The van der Waals surface area contributed by atoms with Gasteiger partial charge in [-0.25, -0.2) is 4.79 Å². The summed E-state index contributed by atoms with van der Waals surface area (Å²) in [6.07, 6.45) is -9.80. The summed E-state index contributed by atoms with van der Waals surface area (Å²) in [5, 5.41) is 5.74. The summed E-state index contributed by atoms with van der Waals surface area (Å²) in [5.41, 5.74) is -4.31. The van der Waals surface area contributed by atoms with E-state index in [-0.39, 0.29) is 31.2 Å². The summed E-state index contributed by atoms with van der Waals surface area (Å²) in [6, 6.07) is 9.99. The molecule has 1 spiro atoms. The first-order valence-electron chi connectivity index (χ1n) is 12.6. The van der Waals surface area contributed by atoms with E-state index < -0.39 is 52.6 Å². The van der Waals surface area contributed by atoms with Crippen LogP contribution >= 0.6 is 0 Å². The maximum Gasteiger partial charge on any atom is 0.416 e. The Morgan fingerprint density at radius 1 is 0.974 bits per heavy atom. The maximum absolute atomic E-state index is 13.4. The third kappa shape index (κ3) is 5.62. The van der Waals surface area contributed by atoms with Gasteiger partial charge in [0.05, 0.1) is 29.4 Å². The molecule has 2 fully saturated rings. The Morgan fingerprint density at radius 3 is 2.10 bits per heavy atom. The third-order valence-electron chi connectivity index (χ3n) is 7.52. The molecular weight excluding hydrogens is 528 g/mol. The minimum atomic E-state index is -4.97. The van der Waals surface area contributed by atoms with E-state index in [1.165, 1.54) is 11.8 Å². The number of piperidine rings is 1. The number of nitrogens with zero attached hydrogens (tertiary/aromatic N) is 1. The summed E-state index contributed by atoms with van der Waals surface area (Å²) in [4.78, 5) is 26.8. The molecule has 0 bridgehead atoms. The van der Waals surface area contributed by atoms with Gasteiger partial charge in [-0.2, -0.15) is 26.3 Å². The van der Waals surface area contributed by atoms with Crippen molar-refractivity contribution >= 4 is 11.9 Å². The molecule has 1 unspecified atom stereocenters. The number of nitrogens with one attached hydrogen (secondary N) is 2. The minimum Gasteiger partial charge on any atom is -0.372 e. The monoisotopic (exact) mass is 557 g/mol. The maximum atomic E-state index is 13.4. The smallest absolute Gasteiger partial charge is 0.372 e. The van der Waals surface area contributed by atoms with Crippen LogP contribution in [-0.2, 0) is 27.4 Å². The molecule has 12 heteroatoms. The van der Waals surface area contributed by atoms with E-state index in [0.29, 0.717) is 31.5 Å². The van der Waals surface area contributed by atoms with Crippen molar-refractivity contribution in [3.8, 4) is 0 Å². The molecule has 2 N–H and O–H groups in total. The first-order valence-corrected chi connectivity index (χ1v) is 12.6. The predicted octanol–water partition coefficient (Wildman–Crippen LogP) is 5.78. The highest BCUT2D eigenvalue weighted by molar-refractivity contribution is 6.07. The number of ether oxygens (including phenoxy) is 1. The van der Waals surface area contributed by atoms with Crippen molar-refractivity contribution in [1.29, 1.82) is 0 Å². The van der Waals surface area contributed by atoms with Gasteiger partial charge in [-0.05, 0) is 55.5 Å². The third-order valence-corrected chi connectivity index (χ3v) is 7.52. The Labute approximate surface area is 221 Å². The van der Waals surface area contributed by atoms with Crippen molar-refractivity contribution in [3.63, 3.8) is 0 Å². The van der Waals surface area contributed by atoms with Gasteiger partial charge in [0.15, 0.2) is 0 Å². The average molecular weight is 558 g/mol. The number of halogens is 6. The minimum absolute atomic E-state index is 0.0831. The predicted molar refractivity (Wildman–Crippen MR) is 129 cm³/mol. The molecule has 0 aliphatic carbocycles. The number of amides is 3. The van der Waals surface area contributed by atoms with E-state index in [1.807, 2.05) is 19.1 Å². The Kier molecular flexibility index (Phi) is 7.74. The highest BCUT2D eigenvalue weighted by Crippen LogP contribution is 2.41. The molecule has 6 nitrogen and oxygen atoms in total. The Balaban J connectivity index is 1.61. The molecule has 0 saturated carbocycles. The number of imide groups is 1. The van der Waals surface area contributed by atoms with Gasteiger partial charge in [-0.3, -0.25) is 10.1 Å². The van der Waals surface area contributed by atoms with Gasteiger partial charge in [0.25, 0.3) is 5.91 Å². The summed E-state index contributed by atoms with van der Waals surface area (Å²) < 4.78 is 86.2. The largest absolute Gasteiger partial charge is 0.416 e. The molecular formula is C27H29F6N3O3. The molecule has 2 aliphatic rings. The Morgan fingerprint density at radius 2 is 1.59 bits per heavy atom. The number of benzene rings is 2. The first-order chi connectivity index (χ1) is 18.2. The molecule has 0 radical (unpaired) electrons. The lowest BCUT2D eigenvalue weighted by atomic mass is 9.75. The van der Waals surface area contributed by atoms with Crippen molar-refractivity contribution in [3.05, 3.63) is 70.8 Å². The number of carbonyl (C=O) groups excluding carboxylic acids is 2. The summed E-state index contributed by atoms with van der Waals surface area (Å²) in [7, 11) is 0. The molecule has 2 aliphatic heterocycles. The van der Waals surface area contributed by atoms with Crippen LogP contribution in [0.2, 0.25) is 0 Å². The van der Waals surface area contributed by atoms with Crippen LogP contribution in [0.4, 0.5) is 31.1 Å². The molecule has 2 aromatic carbocycles. The zero-order chi connectivity index (χ0) is 28.6. The zero-order valence-corrected chi connectivity index (χ0v) is 21.4. The van der Waals surface area contributed by atoms with E-state index in [0.717, 1.165) is 5.56 Å². The lowest BCUT2D eigenvalue weighted by Crippen LogP contribution is -2.65. The summed E-state index contributed by atoms with van der Waals surface area (Å²) in [6.45, 7) is 3.66. The van der Waals surface area contributed by atoms with E-state index in [4.69, 9.17) is 4.74 Å². The van der Waals surface area contributed by atoms with Crippen LogP contribution in [0, 0.1) is 0 Å². The van der Waals surface area contributed by atoms with Gasteiger partial charge >= 0.3 is 18.4 Å². The fourth-order valence-corrected chi connectivity index (χ4v) is 5.26. The molecule has 2 saturated heterocycles. The SMILES string of the molecule is CCCN1C(=O)NC(=O)C12CC[C@@](CO[C@H](C)c1cc(C(F)(F)F)cc(C(F)(F)F)c1)(c1ccccc1)NC2. The van der Waals surface area contributed by atoms with Crippen LogP contribution in [0.15, 0.2) is 48.5 Å². The van der Waals surface area contributed by atoms with Crippen LogP contribution in [0.1, 0.15) is 61.5 Å². The Bertz CT molecular complexity index is 1180. The molecule has 212 valence electrons. The quantitative estimate of drug-likeness (QED) is 0.335. The number of carbonyl (C=O) groups is 2. The van der Waals surface area contributed by atoms with Gasteiger partial charge in [0, 0.05) is 13.1 Å². The van der Waals surface area contributed by atoms with Crippen LogP contribution in [-0.4, -0.2) is 42.1 Å². The highest BCUT2D eigenvalue weighted by Gasteiger charge is 2.56.